The van der Waals surface area contributed by atoms with Crippen molar-refractivity contribution in [3.05, 3.63) is 63.1 Å². The second kappa shape index (κ2) is 6.14. The van der Waals surface area contributed by atoms with Crippen LogP contribution >= 0.6 is 23.2 Å². The van der Waals surface area contributed by atoms with Gasteiger partial charge in [0.25, 0.3) is 5.91 Å². The molecule has 4 aliphatic rings. The number of nitrogen functional groups attached to an aromatic ring is 1. The Labute approximate surface area is 175 Å². The fourth-order valence-corrected chi connectivity index (χ4v) is 6.91. The molecule has 0 radical (unpaired) electrons. The molecular formula is C23H24Cl2N2O. The maximum atomic E-state index is 13.2. The molecule has 0 aliphatic heterocycles. The highest BCUT2D eigenvalue weighted by molar-refractivity contribution is 6.39. The van der Waals surface area contributed by atoms with Crippen molar-refractivity contribution < 1.29 is 4.79 Å². The molecule has 2 unspecified atom stereocenters. The topological polar surface area (TPSA) is 55.1 Å². The number of amides is 1. The van der Waals surface area contributed by atoms with Crippen LogP contribution in [0.2, 0.25) is 10.0 Å². The van der Waals surface area contributed by atoms with Crippen molar-refractivity contribution in [1.82, 2.24) is 5.32 Å². The van der Waals surface area contributed by atoms with E-state index in [9.17, 15) is 4.79 Å². The maximum absolute atomic E-state index is 13.2. The number of nitrogens with one attached hydrogen (secondary N) is 1. The highest BCUT2D eigenvalue weighted by Crippen LogP contribution is 2.62. The first-order valence-electron chi connectivity index (χ1n) is 9.93. The molecular weight excluding hydrogens is 391 g/mol. The summed E-state index contributed by atoms with van der Waals surface area (Å²) in [5.41, 5.74) is 9.68. The summed E-state index contributed by atoms with van der Waals surface area (Å²) in [4.78, 5) is 13.2. The largest absolute Gasteiger partial charge is 0.396 e. The van der Waals surface area contributed by atoms with Crippen molar-refractivity contribution in [1.29, 1.82) is 0 Å². The van der Waals surface area contributed by atoms with Crippen molar-refractivity contribution in [2.75, 3.05) is 5.73 Å². The first kappa shape index (κ1) is 18.3. The Balaban J connectivity index is 1.51. The Kier molecular flexibility index (Phi) is 4.02. The van der Waals surface area contributed by atoms with Crippen molar-refractivity contribution in [2.45, 2.75) is 56.4 Å². The van der Waals surface area contributed by atoms with Gasteiger partial charge in [0.1, 0.15) is 0 Å². The van der Waals surface area contributed by atoms with Crippen LogP contribution in [0.4, 0.5) is 5.69 Å². The van der Waals surface area contributed by atoms with Gasteiger partial charge in [-0.25, -0.2) is 0 Å². The van der Waals surface area contributed by atoms with Crippen LogP contribution in [0, 0.1) is 5.41 Å². The average Bonchev–Trinajstić information content (AvgIpc) is 2.77. The number of nitrogens with two attached hydrogens (primary N) is 1. The number of benzene rings is 2. The molecule has 2 fully saturated rings. The van der Waals surface area contributed by atoms with Gasteiger partial charge in [0, 0.05) is 11.1 Å². The van der Waals surface area contributed by atoms with Gasteiger partial charge in [0.2, 0.25) is 0 Å². The smallest absolute Gasteiger partial charge is 0.251 e. The van der Waals surface area contributed by atoms with E-state index in [-0.39, 0.29) is 16.9 Å². The number of anilines is 1. The quantitative estimate of drug-likeness (QED) is 0.599. The molecule has 2 atom stereocenters. The molecule has 2 aromatic carbocycles. The third kappa shape index (κ3) is 2.83. The molecule has 6 rings (SSSR count). The lowest BCUT2D eigenvalue weighted by Crippen LogP contribution is -2.57. The monoisotopic (exact) mass is 414 g/mol. The van der Waals surface area contributed by atoms with Gasteiger partial charge in [-0.2, -0.15) is 0 Å². The lowest BCUT2D eigenvalue weighted by atomic mass is 9.55. The van der Waals surface area contributed by atoms with E-state index in [0.29, 0.717) is 33.1 Å². The second-order valence-electron chi connectivity index (χ2n) is 9.41. The Morgan fingerprint density at radius 1 is 1.04 bits per heavy atom. The standard InChI is InChI=1S/C23H24Cl2N2O/c1-22-8-14-10-23(12-22,11-15(9-22)17-5-3-2-4-16(14)17)27-21(28)13-6-18(24)20(26)19(25)7-13/h2-7,14-15H,8-12,26H2,1H3,(H,27,28). The summed E-state index contributed by atoms with van der Waals surface area (Å²) in [6.45, 7) is 2.40. The van der Waals surface area contributed by atoms with Crippen LogP contribution in [-0.4, -0.2) is 11.4 Å². The Morgan fingerprint density at radius 2 is 1.57 bits per heavy atom. The molecule has 3 nitrogen and oxygen atoms in total. The molecule has 146 valence electrons. The maximum Gasteiger partial charge on any atom is 0.251 e. The van der Waals surface area contributed by atoms with Crippen LogP contribution in [0.5, 0.6) is 0 Å². The van der Waals surface area contributed by atoms with Gasteiger partial charge in [-0.3, -0.25) is 4.79 Å². The molecule has 4 aliphatic carbocycles. The molecule has 4 bridgehead atoms. The Bertz CT molecular complexity index is 928. The van der Waals surface area contributed by atoms with Crippen molar-refractivity contribution >= 4 is 34.8 Å². The lowest BCUT2D eigenvalue weighted by molar-refractivity contribution is 0.0293. The Morgan fingerprint density at radius 3 is 2.11 bits per heavy atom. The molecule has 3 N–H and O–H groups in total. The van der Waals surface area contributed by atoms with Crippen molar-refractivity contribution in [3.63, 3.8) is 0 Å². The normalized spacial score (nSPS) is 32.7. The van der Waals surface area contributed by atoms with Crippen LogP contribution in [0.15, 0.2) is 36.4 Å². The van der Waals surface area contributed by atoms with Gasteiger partial charge in [-0.15, -0.1) is 0 Å². The Hall–Kier alpha value is -1.71. The first-order valence-corrected chi connectivity index (χ1v) is 10.7. The highest BCUT2D eigenvalue weighted by Gasteiger charge is 2.55. The molecule has 0 heterocycles. The zero-order valence-electron chi connectivity index (χ0n) is 15.9. The van der Waals surface area contributed by atoms with E-state index in [0.717, 1.165) is 19.3 Å². The summed E-state index contributed by atoms with van der Waals surface area (Å²) >= 11 is 12.3. The summed E-state index contributed by atoms with van der Waals surface area (Å²) in [6.07, 6.45) is 5.44. The molecule has 0 aromatic heterocycles. The zero-order chi connectivity index (χ0) is 19.7. The minimum absolute atomic E-state index is 0.113. The first-order chi connectivity index (χ1) is 13.3. The van der Waals surface area contributed by atoms with Gasteiger partial charge in [-0.05, 0) is 72.6 Å². The van der Waals surface area contributed by atoms with Crippen molar-refractivity contribution in [2.24, 2.45) is 5.41 Å². The van der Waals surface area contributed by atoms with E-state index < -0.39 is 0 Å². The number of hydrogen-bond donors (Lipinski definition) is 2. The average molecular weight is 415 g/mol. The van der Waals surface area contributed by atoms with E-state index >= 15 is 0 Å². The summed E-state index contributed by atoms with van der Waals surface area (Å²) < 4.78 is 0. The van der Waals surface area contributed by atoms with Crippen molar-refractivity contribution in [3.8, 4) is 0 Å². The van der Waals surface area contributed by atoms with E-state index in [1.807, 2.05) is 0 Å². The summed E-state index contributed by atoms with van der Waals surface area (Å²) in [7, 11) is 0. The number of halogens is 2. The van der Waals surface area contributed by atoms with Crippen LogP contribution in [0.3, 0.4) is 0 Å². The summed E-state index contributed by atoms with van der Waals surface area (Å²) in [6, 6.07) is 12.1. The number of carbonyl (C=O) groups is 1. The molecule has 2 aromatic rings. The van der Waals surface area contributed by atoms with E-state index in [1.54, 1.807) is 12.1 Å². The summed E-state index contributed by atoms with van der Waals surface area (Å²) in [5, 5.41) is 4.06. The van der Waals surface area contributed by atoms with E-state index in [1.165, 1.54) is 24.0 Å². The van der Waals surface area contributed by atoms with Crippen LogP contribution in [0.1, 0.15) is 72.3 Å². The van der Waals surface area contributed by atoms with Gasteiger partial charge in [0.05, 0.1) is 15.7 Å². The van der Waals surface area contributed by atoms with Crippen LogP contribution in [0.25, 0.3) is 0 Å². The fourth-order valence-electron chi connectivity index (χ4n) is 6.42. The second-order valence-corrected chi connectivity index (χ2v) is 10.2. The third-order valence-corrected chi connectivity index (χ3v) is 7.74. The molecule has 0 saturated heterocycles. The minimum atomic E-state index is -0.184. The predicted octanol–water partition coefficient (Wildman–Crippen LogP) is 5.91. The predicted molar refractivity (Wildman–Crippen MR) is 114 cm³/mol. The van der Waals surface area contributed by atoms with Crippen LogP contribution in [-0.2, 0) is 0 Å². The molecule has 5 heteroatoms. The molecule has 0 spiro atoms. The fraction of sp³-hybridized carbons (Fsp3) is 0.435. The zero-order valence-corrected chi connectivity index (χ0v) is 17.4. The number of carbonyl (C=O) groups excluding carboxylic acids is 1. The third-order valence-electron chi connectivity index (χ3n) is 7.11. The van der Waals surface area contributed by atoms with E-state index in [2.05, 4.69) is 36.5 Å². The lowest BCUT2D eigenvalue weighted by Gasteiger charge is -2.54. The molecule has 2 saturated carbocycles. The minimum Gasteiger partial charge on any atom is -0.396 e. The molecule has 28 heavy (non-hydrogen) atoms. The SMILES string of the molecule is CC12CC3CC(NC(=O)c4cc(Cl)c(N)c(Cl)c4)(CC(C1)c1ccccc13)C2. The van der Waals surface area contributed by atoms with Crippen LogP contribution < -0.4 is 11.1 Å². The van der Waals surface area contributed by atoms with Gasteiger partial charge in [-0.1, -0.05) is 54.4 Å². The number of hydrogen-bond acceptors (Lipinski definition) is 2. The molecule has 1 amide bonds. The van der Waals surface area contributed by atoms with Gasteiger partial charge >= 0.3 is 0 Å². The van der Waals surface area contributed by atoms with Gasteiger partial charge < -0.3 is 11.1 Å². The highest BCUT2D eigenvalue weighted by atomic mass is 35.5. The van der Waals surface area contributed by atoms with Gasteiger partial charge in [0.15, 0.2) is 0 Å². The summed E-state index contributed by atoms with van der Waals surface area (Å²) in [5.74, 6) is 0.890. The number of rotatable bonds is 2. The van der Waals surface area contributed by atoms with E-state index in [4.69, 9.17) is 28.9 Å².